The minimum Gasteiger partial charge on any atom is -0.311 e. The molecule has 0 aromatic heterocycles. The standard InChI is InChI=1S/C8H12ClNS/c1-3-5-11-6-4-10-7-8(2)9/h1,10H,2,4-7H2. The molecule has 0 heterocycles. The van der Waals surface area contributed by atoms with Gasteiger partial charge in [-0.25, -0.2) is 0 Å². The van der Waals surface area contributed by atoms with Gasteiger partial charge in [0.05, 0.1) is 5.75 Å². The quantitative estimate of drug-likeness (QED) is 0.504. The molecule has 62 valence electrons. The number of thioether (sulfide) groups is 1. The van der Waals surface area contributed by atoms with Gasteiger partial charge in [-0.2, -0.15) is 0 Å². The number of rotatable bonds is 6. The second-order valence-electron chi connectivity index (χ2n) is 1.95. The van der Waals surface area contributed by atoms with Crippen molar-refractivity contribution in [3.63, 3.8) is 0 Å². The summed E-state index contributed by atoms with van der Waals surface area (Å²) in [6.45, 7) is 5.16. The highest BCUT2D eigenvalue weighted by atomic mass is 35.5. The molecule has 0 unspecified atom stereocenters. The topological polar surface area (TPSA) is 12.0 Å². The molecule has 1 nitrogen and oxygen atoms in total. The monoisotopic (exact) mass is 189 g/mol. The number of hydrogen-bond donors (Lipinski definition) is 1. The van der Waals surface area contributed by atoms with Crippen molar-refractivity contribution in [1.82, 2.24) is 5.32 Å². The second-order valence-corrected chi connectivity index (χ2v) is 3.59. The van der Waals surface area contributed by atoms with Crippen molar-refractivity contribution < 1.29 is 0 Å². The molecule has 0 fully saturated rings. The van der Waals surface area contributed by atoms with Gasteiger partial charge in [0.2, 0.25) is 0 Å². The predicted molar refractivity (Wildman–Crippen MR) is 54.0 cm³/mol. The largest absolute Gasteiger partial charge is 0.311 e. The molecule has 0 aliphatic carbocycles. The fourth-order valence-corrected chi connectivity index (χ4v) is 1.14. The Balaban J connectivity index is 2.92. The van der Waals surface area contributed by atoms with Gasteiger partial charge < -0.3 is 5.32 Å². The molecule has 0 spiro atoms. The molecule has 0 rings (SSSR count). The van der Waals surface area contributed by atoms with E-state index in [0.717, 1.165) is 18.1 Å². The van der Waals surface area contributed by atoms with Gasteiger partial charge in [-0.15, -0.1) is 18.2 Å². The Morgan fingerprint density at radius 1 is 1.73 bits per heavy atom. The van der Waals surface area contributed by atoms with Gasteiger partial charge in [-0.05, 0) is 0 Å². The van der Waals surface area contributed by atoms with E-state index in [1.807, 2.05) is 0 Å². The molecule has 0 bridgehead atoms. The minimum atomic E-state index is 0.645. The van der Waals surface area contributed by atoms with Crippen LogP contribution in [0.2, 0.25) is 0 Å². The van der Waals surface area contributed by atoms with Crippen molar-refractivity contribution in [2.75, 3.05) is 24.6 Å². The zero-order chi connectivity index (χ0) is 8.53. The lowest BCUT2D eigenvalue weighted by Gasteiger charge is -2.00. The number of terminal acetylenes is 1. The summed E-state index contributed by atoms with van der Waals surface area (Å²) < 4.78 is 0. The summed E-state index contributed by atoms with van der Waals surface area (Å²) in [6.07, 6.45) is 5.07. The van der Waals surface area contributed by atoms with Crippen molar-refractivity contribution in [3.8, 4) is 12.3 Å². The summed E-state index contributed by atoms with van der Waals surface area (Å²) in [5.41, 5.74) is 0. The Labute approximate surface area is 77.6 Å². The molecular formula is C8H12ClNS. The highest BCUT2D eigenvalue weighted by Gasteiger charge is 1.88. The van der Waals surface area contributed by atoms with Crippen LogP contribution >= 0.6 is 23.4 Å². The van der Waals surface area contributed by atoms with Crippen LogP contribution in [0.3, 0.4) is 0 Å². The summed E-state index contributed by atoms with van der Waals surface area (Å²) in [5, 5.41) is 3.77. The van der Waals surface area contributed by atoms with E-state index in [1.165, 1.54) is 0 Å². The van der Waals surface area contributed by atoms with E-state index < -0.39 is 0 Å². The second kappa shape index (κ2) is 8.00. The smallest absolute Gasteiger partial charge is 0.0545 e. The first kappa shape index (κ1) is 10.9. The first-order valence-electron chi connectivity index (χ1n) is 3.32. The summed E-state index contributed by atoms with van der Waals surface area (Å²) in [5.74, 6) is 4.36. The van der Waals surface area contributed by atoms with E-state index in [4.69, 9.17) is 18.0 Å². The van der Waals surface area contributed by atoms with Gasteiger partial charge in [0.25, 0.3) is 0 Å². The first-order valence-corrected chi connectivity index (χ1v) is 4.86. The van der Waals surface area contributed by atoms with Crippen LogP contribution in [0.5, 0.6) is 0 Å². The van der Waals surface area contributed by atoms with E-state index in [2.05, 4.69) is 17.8 Å². The van der Waals surface area contributed by atoms with E-state index in [1.54, 1.807) is 11.8 Å². The van der Waals surface area contributed by atoms with Gasteiger partial charge in [-0.3, -0.25) is 0 Å². The predicted octanol–water partition coefficient (Wildman–Crippen LogP) is 1.69. The Kier molecular flexibility index (Phi) is 7.93. The summed E-state index contributed by atoms with van der Waals surface area (Å²) in [6, 6.07) is 0. The van der Waals surface area contributed by atoms with Crippen molar-refractivity contribution in [2.24, 2.45) is 0 Å². The lowest BCUT2D eigenvalue weighted by atomic mass is 10.6. The highest BCUT2D eigenvalue weighted by Crippen LogP contribution is 1.96. The average Bonchev–Trinajstić information content (AvgIpc) is 1.96. The molecular weight excluding hydrogens is 178 g/mol. The normalized spacial score (nSPS) is 9.09. The molecule has 0 aliphatic rings. The molecule has 0 aromatic rings. The number of nitrogens with one attached hydrogen (secondary N) is 1. The molecule has 3 heteroatoms. The van der Waals surface area contributed by atoms with Crippen LogP contribution in [-0.4, -0.2) is 24.6 Å². The van der Waals surface area contributed by atoms with Gasteiger partial charge in [-0.1, -0.05) is 24.1 Å². The maximum atomic E-state index is 5.52. The average molecular weight is 190 g/mol. The molecule has 0 atom stereocenters. The van der Waals surface area contributed by atoms with E-state index in [9.17, 15) is 0 Å². The van der Waals surface area contributed by atoms with Crippen LogP contribution in [0.25, 0.3) is 0 Å². The van der Waals surface area contributed by atoms with Crippen molar-refractivity contribution in [2.45, 2.75) is 0 Å². The van der Waals surface area contributed by atoms with Crippen LogP contribution in [0.1, 0.15) is 0 Å². The van der Waals surface area contributed by atoms with E-state index in [-0.39, 0.29) is 0 Å². The number of hydrogen-bond acceptors (Lipinski definition) is 2. The molecule has 0 radical (unpaired) electrons. The minimum absolute atomic E-state index is 0.645. The van der Waals surface area contributed by atoms with Gasteiger partial charge in [0, 0.05) is 23.9 Å². The zero-order valence-electron chi connectivity index (χ0n) is 6.40. The molecule has 0 saturated carbocycles. The molecule has 0 aliphatic heterocycles. The third kappa shape index (κ3) is 9.90. The van der Waals surface area contributed by atoms with Crippen LogP contribution in [-0.2, 0) is 0 Å². The Morgan fingerprint density at radius 3 is 3.00 bits per heavy atom. The molecule has 1 N–H and O–H groups in total. The summed E-state index contributed by atoms with van der Waals surface area (Å²) in [7, 11) is 0. The van der Waals surface area contributed by atoms with Crippen molar-refractivity contribution in [1.29, 1.82) is 0 Å². The highest BCUT2D eigenvalue weighted by molar-refractivity contribution is 7.99. The molecule has 0 saturated heterocycles. The summed E-state index contributed by atoms with van der Waals surface area (Å²) >= 11 is 7.26. The first-order chi connectivity index (χ1) is 5.27. The lowest BCUT2D eigenvalue weighted by Crippen LogP contribution is -2.18. The fraction of sp³-hybridized carbons (Fsp3) is 0.500. The maximum absolute atomic E-state index is 5.52. The van der Waals surface area contributed by atoms with Crippen LogP contribution < -0.4 is 5.32 Å². The third-order valence-electron chi connectivity index (χ3n) is 0.925. The number of halogens is 1. The van der Waals surface area contributed by atoms with E-state index >= 15 is 0 Å². The van der Waals surface area contributed by atoms with Crippen molar-refractivity contribution >= 4 is 23.4 Å². The summed E-state index contributed by atoms with van der Waals surface area (Å²) in [4.78, 5) is 0. The fourth-order valence-electron chi connectivity index (χ4n) is 0.499. The van der Waals surface area contributed by atoms with Gasteiger partial charge in [0.15, 0.2) is 0 Å². The third-order valence-corrected chi connectivity index (χ3v) is 1.92. The molecule has 0 aromatic carbocycles. The van der Waals surface area contributed by atoms with Crippen LogP contribution in [0.15, 0.2) is 11.6 Å². The Hall–Kier alpha value is -0.100. The molecule has 0 amide bonds. The Bertz CT molecular complexity index is 151. The van der Waals surface area contributed by atoms with Crippen LogP contribution in [0.4, 0.5) is 0 Å². The SMILES string of the molecule is C#CCSCCNCC(=C)Cl. The Morgan fingerprint density at radius 2 is 2.45 bits per heavy atom. The van der Waals surface area contributed by atoms with E-state index in [0.29, 0.717) is 11.6 Å². The van der Waals surface area contributed by atoms with Gasteiger partial charge in [0.1, 0.15) is 0 Å². The van der Waals surface area contributed by atoms with Crippen LogP contribution in [0, 0.1) is 12.3 Å². The van der Waals surface area contributed by atoms with Crippen molar-refractivity contribution in [3.05, 3.63) is 11.6 Å². The van der Waals surface area contributed by atoms with Gasteiger partial charge >= 0.3 is 0 Å². The molecule has 11 heavy (non-hydrogen) atoms. The zero-order valence-corrected chi connectivity index (χ0v) is 7.97. The maximum Gasteiger partial charge on any atom is 0.0545 e. The lowest BCUT2D eigenvalue weighted by molar-refractivity contribution is 0.801.